The summed E-state index contributed by atoms with van der Waals surface area (Å²) in [7, 11) is 3.88. The highest BCUT2D eigenvalue weighted by atomic mass is 16.1. The summed E-state index contributed by atoms with van der Waals surface area (Å²) in [5.41, 5.74) is 3.12. The predicted molar refractivity (Wildman–Crippen MR) is 88.3 cm³/mol. The molecule has 0 atom stereocenters. The van der Waals surface area contributed by atoms with E-state index >= 15 is 0 Å². The number of carbonyl (C=O) groups excluding carboxylic acids is 1. The average molecular weight is 308 g/mol. The van der Waals surface area contributed by atoms with Gasteiger partial charge in [-0.15, -0.1) is 10.2 Å². The first-order chi connectivity index (χ1) is 11.1. The third-order valence-corrected chi connectivity index (χ3v) is 3.37. The number of H-pyrrole nitrogens is 1. The third kappa shape index (κ3) is 3.34. The SMILES string of the molecule is CN(C)c1cccc(C(=O)Nc2ccc(-c3nn[nH]n3)cc2)c1. The van der Waals surface area contributed by atoms with E-state index in [1.165, 1.54) is 0 Å². The highest BCUT2D eigenvalue weighted by Crippen LogP contribution is 2.18. The molecule has 1 heterocycles. The van der Waals surface area contributed by atoms with Crippen molar-refractivity contribution in [2.24, 2.45) is 0 Å². The molecule has 0 radical (unpaired) electrons. The maximum Gasteiger partial charge on any atom is 0.255 e. The first-order valence-corrected chi connectivity index (χ1v) is 7.06. The topological polar surface area (TPSA) is 86.8 Å². The zero-order valence-corrected chi connectivity index (χ0v) is 12.8. The van der Waals surface area contributed by atoms with Crippen LogP contribution in [0.25, 0.3) is 11.4 Å². The highest BCUT2D eigenvalue weighted by Gasteiger charge is 2.08. The zero-order chi connectivity index (χ0) is 16.2. The molecule has 2 N–H and O–H groups in total. The fourth-order valence-corrected chi connectivity index (χ4v) is 2.12. The summed E-state index contributed by atoms with van der Waals surface area (Å²) < 4.78 is 0. The van der Waals surface area contributed by atoms with Crippen LogP contribution in [0.3, 0.4) is 0 Å². The van der Waals surface area contributed by atoms with Crippen molar-refractivity contribution in [2.75, 3.05) is 24.3 Å². The lowest BCUT2D eigenvalue weighted by Crippen LogP contribution is -2.14. The van der Waals surface area contributed by atoms with E-state index in [9.17, 15) is 4.79 Å². The van der Waals surface area contributed by atoms with Crippen LogP contribution < -0.4 is 10.2 Å². The first kappa shape index (κ1) is 14.7. The Morgan fingerprint density at radius 2 is 1.91 bits per heavy atom. The van der Waals surface area contributed by atoms with E-state index in [0.29, 0.717) is 17.1 Å². The number of nitrogens with one attached hydrogen (secondary N) is 2. The first-order valence-electron chi connectivity index (χ1n) is 7.06. The molecule has 0 aliphatic carbocycles. The average Bonchev–Trinajstić information content (AvgIpc) is 3.10. The zero-order valence-electron chi connectivity index (χ0n) is 12.8. The number of amides is 1. The minimum atomic E-state index is -0.152. The van der Waals surface area contributed by atoms with E-state index < -0.39 is 0 Å². The minimum Gasteiger partial charge on any atom is -0.378 e. The number of aromatic amines is 1. The van der Waals surface area contributed by atoms with Gasteiger partial charge in [0.05, 0.1) is 0 Å². The number of benzene rings is 2. The summed E-state index contributed by atoms with van der Waals surface area (Å²) in [6, 6.07) is 14.7. The molecule has 0 saturated carbocycles. The molecule has 1 amide bonds. The monoisotopic (exact) mass is 308 g/mol. The minimum absolute atomic E-state index is 0.152. The Bertz CT molecular complexity index is 796. The number of carbonyl (C=O) groups is 1. The predicted octanol–water partition coefficient (Wildman–Crippen LogP) is 2.18. The van der Waals surface area contributed by atoms with Gasteiger partial charge in [-0.2, -0.15) is 5.21 Å². The second-order valence-electron chi connectivity index (χ2n) is 5.21. The van der Waals surface area contributed by atoms with Gasteiger partial charge in [0, 0.05) is 36.6 Å². The number of hydrogen-bond donors (Lipinski definition) is 2. The van der Waals surface area contributed by atoms with Gasteiger partial charge in [0.1, 0.15) is 0 Å². The summed E-state index contributed by atoms with van der Waals surface area (Å²) in [5, 5.41) is 16.6. The molecule has 7 nitrogen and oxygen atoms in total. The Hall–Kier alpha value is -3.22. The molecule has 3 rings (SSSR count). The lowest BCUT2D eigenvalue weighted by Gasteiger charge is -2.13. The van der Waals surface area contributed by atoms with Gasteiger partial charge in [-0.1, -0.05) is 6.07 Å². The Morgan fingerprint density at radius 3 is 2.57 bits per heavy atom. The van der Waals surface area contributed by atoms with E-state index in [1.54, 1.807) is 18.2 Å². The number of aromatic nitrogens is 4. The molecule has 116 valence electrons. The molecule has 0 saturated heterocycles. The lowest BCUT2D eigenvalue weighted by atomic mass is 10.1. The summed E-state index contributed by atoms with van der Waals surface area (Å²) in [6.07, 6.45) is 0. The van der Waals surface area contributed by atoms with Gasteiger partial charge in [-0.05, 0) is 47.7 Å². The smallest absolute Gasteiger partial charge is 0.255 e. The van der Waals surface area contributed by atoms with Crippen LogP contribution in [0.5, 0.6) is 0 Å². The van der Waals surface area contributed by atoms with Gasteiger partial charge in [0.25, 0.3) is 5.91 Å². The lowest BCUT2D eigenvalue weighted by molar-refractivity contribution is 0.102. The highest BCUT2D eigenvalue weighted by molar-refractivity contribution is 6.04. The quantitative estimate of drug-likeness (QED) is 0.771. The molecule has 7 heteroatoms. The molecule has 23 heavy (non-hydrogen) atoms. The van der Waals surface area contributed by atoms with E-state index in [0.717, 1.165) is 11.3 Å². The molecule has 0 spiro atoms. The maximum atomic E-state index is 12.3. The van der Waals surface area contributed by atoms with Gasteiger partial charge >= 0.3 is 0 Å². The van der Waals surface area contributed by atoms with Gasteiger partial charge in [0.2, 0.25) is 5.82 Å². The molecule has 3 aromatic rings. The van der Waals surface area contributed by atoms with E-state index in [4.69, 9.17) is 0 Å². The number of rotatable bonds is 4. The Balaban J connectivity index is 1.74. The fraction of sp³-hybridized carbons (Fsp3) is 0.125. The summed E-state index contributed by atoms with van der Waals surface area (Å²) >= 11 is 0. The Labute approximate surface area is 133 Å². The molecule has 0 unspecified atom stereocenters. The maximum absolute atomic E-state index is 12.3. The van der Waals surface area contributed by atoms with Crippen molar-refractivity contribution in [3.8, 4) is 11.4 Å². The summed E-state index contributed by atoms with van der Waals surface area (Å²) in [4.78, 5) is 14.3. The van der Waals surface area contributed by atoms with Gasteiger partial charge in [-0.25, -0.2) is 0 Å². The molecular weight excluding hydrogens is 292 g/mol. The molecule has 0 fully saturated rings. The van der Waals surface area contributed by atoms with Crippen molar-refractivity contribution >= 4 is 17.3 Å². The second-order valence-corrected chi connectivity index (χ2v) is 5.21. The van der Waals surface area contributed by atoms with Crippen LogP contribution in [0.2, 0.25) is 0 Å². The van der Waals surface area contributed by atoms with Gasteiger partial charge < -0.3 is 10.2 Å². The number of anilines is 2. The molecule has 2 aromatic carbocycles. The van der Waals surface area contributed by atoms with E-state index in [-0.39, 0.29) is 5.91 Å². The van der Waals surface area contributed by atoms with Crippen LogP contribution in [0.15, 0.2) is 48.5 Å². The Morgan fingerprint density at radius 1 is 1.13 bits per heavy atom. The van der Waals surface area contributed by atoms with Crippen LogP contribution in [0.1, 0.15) is 10.4 Å². The van der Waals surface area contributed by atoms with Crippen LogP contribution in [-0.4, -0.2) is 40.6 Å². The van der Waals surface area contributed by atoms with Gasteiger partial charge in [-0.3, -0.25) is 4.79 Å². The van der Waals surface area contributed by atoms with E-state index in [2.05, 4.69) is 25.9 Å². The van der Waals surface area contributed by atoms with Crippen LogP contribution in [0, 0.1) is 0 Å². The van der Waals surface area contributed by atoms with Gasteiger partial charge in [0.15, 0.2) is 0 Å². The van der Waals surface area contributed by atoms with Crippen LogP contribution in [0.4, 0.5) is 11.4 Å². The fourth-order valence-electron chi connectivity index (χ4n) is 2.12. The molecular formula is C16H16N6O. The van der Waals surface area contributed by atoms with Crippen molar-refractivity contribution in [3.63, 3.8) is 0 Å². The van der Waals surface area contributed by atoms with Crippen LogP contribution in [-0.2, 0) is 0 Å². The number of nitrogens with zero attached hydrogens (tertiary/aromatic N) is 4. The van der Waals surface area contributed by atoms with Crippen LogP contribution >= 0.6 is 0 Å². The van der Waals surface area contributed by atoms with Crippen molar-refractivity contribution in [3.05, 3.63) is 54.1 Å². The summed E-state index contributed by atoms with van der Waals surface area (Å²) in [6.45, 7) is 0. The standard InChI is InChI=1S/C16H16N6O/c1-22(2)14-5-3-4-12(10-14)16(23)17-13-8-6-11(7-9-13)15-18-20-21-19-15/h3-10H,1-2H3,(H,17,23)(H,18,19,20,21). The normalized spacial score (nSPS) is 10.3. The number of hydrogen-bond acceptors (Lipinski definition) is 5. The summed E-state index contributed by atoms with van der Waals surface area (Å²) in [5.74, 6) is 0.363. The molecule has 0 aliphatic rings. The van der Waals surface area contributed by atoms with E-state index in [1.807, 2.05) is 49.3 Å². The molecule has 1 aromatic heterocycles. The third-order valence-electron chi connectivity index (χ3n) is 3.37. The van der Waals surface area contributed by atoms with Crippen molar-refractivity contribution in [2.45, 2.75) is 0 Å². The van der Waals surface area contributed by atoms with Crippen molar-refractivity contribution < 1.29 is 4.79 Å². The largest absolute Gasteiger partial charge is 0.378 e. The number of tetrazole rings is 1. The second kappa shape index (κ2) is 6.27. The Kier molecular flexibility index (Phi) is 4.01. The van der Waals surface area contributed by atoms with Crippen molar-refractivity contribution in [1.29, 1.82) is 0 Å². The molecule has 0 aliphatic heterocycles. The van der Waals surface area contributed by atoms with Crippen molar-refractivity contribution in [1.82, 2.24) is 20.6 Å². The molecule has 0 bridgehead atoms.